The quantitative estimate of drug-likeness (QED) is 0.332. The van der Waals surface area contributed by atoms with Gasteiger partial charge in [-0.05, 0) is 12.8 Å². The lowest BCUT2D eigenvalue weighted by atomic mass is 9.79. The van der Waals surface area contributed by atoms with Gasteiger partial charge in [-0.2, -0.15) is 13.2 Å². The van der Waals surface area contributed by atoms with E-state index in [1.165, 1.54) is 19.8 Å². The van der Waals surface area contributed by atoms with Crippen LogP contribution in [-0.2, 0) is 0 Å². The van der Waals surface area contributed by atoms with Crippen LogP contribution in [0.25, 0.3) is 0 Å². The third-order valence-electron chi connectivity index (χ3n) is 4.35. The van der Waals surface area contributed by atoms with Crippen molar-refractivity contribution in [3.05, 3.63) is 0 Å². The topological polar surface area (TPSA) is 0 Å². The van der Waals surface area contributed by atoms with E-state index < -0.39 is 11.6 Å². The molecule has 1 unspecified atom stereocenters. The lowest BCUT2D eigenvalue weighted by Gasteiger charge is -2.32. The highest BCUT2D eigenvalue weighted by atomic mass is 19.4. The molecule has 20 heavy (non-hydrogen) atoms. The first-order chi connectivity index (χ1) is 9.37. The zero-order valence-corrected chi connectivity index (χ0v) is 13.6. The van der Waals surface area contributed by atoms with Gasteiger partial charge < -0.3 is 0 Å². The summed E-state index contributed by atoms with van der Waals surface area (Å²) < 4.78 is 39.7. The van der Waals surface area contributed by atoms with Gasteiger partial charge in [-0.15, -0.1) is 0 Å². The molecule has 0 aliphatic rings. The highest BCUT2D eigenvalue weighted by molar-refractivity contribution is 4.82. The van der Waals surface area contributed by atoms with Crippen LogP contribution in [0.3, 0.4) is 0 Å². The van der Waals surface area contributed by atoms with Gasteiger partial charge in [0.2, 0.25) is 0 Å². The first-order valence-corrected chi connectivity index (χ1v) is 8.44. The summed E-state index contributed by atoms with van der Waals surface area (Å²) >= 11 is 0. The molecule has 0 aliphatic heterocycles. The van der Waals surface area contributed by atoms with E-state index in [1.54, 1.807) is 0 Å². The maximum atomic E-state index is 13.2. The van der Waals surface area contributed by atoms with Crippen LogP contribution in [0.2, 0.25) is 0 Å². The van der Waals surface area contributed by atoms with Crippen LogP contribution in [0.4, 0.5) is 13.2 Å². The van der Waals surface area contributed by atoms with E-state index in [4.69, 9.17) is 0 Å². The number of rotatable bonds is 12. The Morgan fingerprint density at radius 3 is 1.35 bits per heavy atom. The lowest BCUT2D eigenvalue weighted by molar-refractivity contribution is -0.223. The Labute approximate surface area is 123 Å². The van der Waals surface area contributed by atoms with Crippen molar-refractivity contribution < 1.29 is 13.2 Å². The van der Waals surface area contributed by atoms with Gasteiger partial charge in [-0.1, -0.05) is 85.0 Å². The SMILES string of the molecule is CCCCCCCCC(C)(CCCCCC)C(F)(F)F. The Morgan fingerprint density at radius 1 is 0.600 bits per heavy atom. The molecular weight excluding hydrogens is 261 g/mol. The van der Waals surface area contributed by atoms with E-state index in [-0.39, 0.29) is 0 Å². The summed E-state index contributed by atoms with van der Waals surface area (Å²) in [5.41, 5.74) is -1.47. The second kappa shape index (κ2) is 10.5. The van der Waals surface area contributed by atoms with Crippen molar-refractivity contribution in [2.24, 2.45) is 5.41 Å². The first-order valence-electron chi connectivity index (χ1n) is 8.44. The van der Waals surface area contributed by atoms with Crippen molar-refractivity contribution in [3.8, 4) is 0 Å². The van der Waals surface area contributed by atoms with Gasteiger partial charge in [-0.25, -0.2) is 0 Å². The van der Waals surface area contributed by atoms with Gasteiger partial charge in [-0.3, -0.25) is 0 Å². The molecule has 0 fully saturated rings. The second-order valence-corrected chi connectivity index (χ2v) is 6.39. The molecule has 0 radical (unpaired) electrons. The third-order valence-corrected chi connectivity index (χ3v) is 4.35. The smallest absolute Gasteiger partial charge is 0.171 e. The molecule has 0 aromatic carbocycles. The number of hydrogen-bond donors (Lipinski definition) is 0. The molecule has 0 nitrogen and oxygen atoms in total. The van der Waals surface area contributed by atoms with Gasteiger partial charge in [0.25, 0.3) is 0 Å². The van der Waals surface area contributed by atoms with Crippen molar-refractivity contribution >= 4 is 0 Å². The van der Waals surface area contributed by atoms with E-state index in [1.807, 2.05) is 0 Å². The van der Waals surface area contributed by atoms with E-state index in [9.17, 15) is 13.2 Å². The highest BCUT2D eigenvalue weighted by Crippen LogP contribution is 2.46. The zero-order chi connectivity index (χ0) is 15.5. The Morgan fingerprint density at radius 2 is 0.950 bits per heavy atom. The summed E-state index contributed by atoms with van der Waals surface area (Å²) in [5.74, 6) is 0. The van der Waals surface area contributed by atoms with Crippen LogP contribution in [0, 0.1) is 5.41 Å². The zero-order valence-electron chi connectivity index (χ0n) is 13.6. The van der Waals surface area contributed by atoms with Crippen molar-refractivity contribution in [2.75, 3.05) is 0 Å². The summed E-state index contributed by atoms with van der Waals surface area (Å²) in [6, 6.07) is 0. The minimum Gasteiger partial charge on any atom is -0.171 e. The van der Waals surface area contributed by atoms with Crippen molar-refractivity contribution in [1.29, 1.82) is 0 Å². The Kier molecular flexibility index (Phi) is 10.4. The minimum atomic E-state index is -4.05. The molecule has 0 saturated heterocycles. The predicted octanol–water partition coefficient (Wildman–Crippen LogP) is 7.28. The average Bonchev–Trinajstić information content (AvgIpc) is 2.37. The molecule has 0 aliphatic carbocycles. The van der Waals surface area contributed by atoms with Crippen LogP contribution in [0.1, 0.15) is 97.8 Å². The molecule has 0 bridgehead atoms. The Bertz CT molecular complexity index is 223. The van der Waals surface area contributed by atoms with E-state index in [0.717, 1.165) is 38.5 Å². The van der Waals surface area contributed by atoms with Crippen LogP contribution < -0.4 is 0 Å². The molecular formula is C17H33F3. The Hall–Kier alpha value is -0.210. The number of hydrogen-bond acceptors (Lipinski definition) is 0. The summed E-state index contributed by atoms with van der Waals surface area (Å²) in [4.78, 5) is 0. The fourth-order valence-electron chi connectivity index (χ4n) is 2.65. The summed E-state index contributed by atoms with van der Waals surface area (Å²) in [6.45, 7) is 5.65. The molecule has 1 atom stereocenters. The standard InChI is InChI=1S/C17H33F3/c1-4-6-8-10-11-13-15-16(3,17(18,19)20)14-12-9-7-5-2/h4-15H2,1-3H3. The van der Waals surface area contributed by atoms with Gasteiger partial charge in [0.15, 0.2) is 0 Å². The number of alkyl halides is 3. The molecule has 0 amide bonds. The average molecular weight is 294 g/mol. The summed E-state index contributed by atoms with van der Waals surface area (Å²) in [5, 5.41) is 0. The van der Waals surface area contributed by atoms with Crippen LogP contribution in [-0.4, -0.2) is 6.18 Å². The fraction of sp³-hybridized carbons (Fsp3) is 1.00. The van der Waals surface area contributed by atoms with Crippen molar-refractivity contribution in [1.82, 2.24) is 0 Å². The molecule has 0 spiro atoms. The van der Waals surface area contributed by atoms with E-state index >= 15 is 0 Å². The molecule has 0 heterocycles. The summed E-state index contributed by atoms with van der Waals surface area (Å²) in [7, 11) is 0. The van der Waals surface area contributed by atoms with Gasteiger partial charge >= 0.3 is 6.18 Å². The lowest BCUT2D eigenvalue weighted by Crippen LogP contribution is -2.35. The van der Waals surface area contributed by atoms with Gasteiger partial charge in [0.1, 0.15) is 0 Å². The van der Waals surface area contributed by atoms with Crippen molar-refractivity contribution in [3.63, 3.8) is 0 Å². The number of unbranched alkanes of at least 4 members (excludes halogenated alkanes) is 8. The molecule has 0 aromatic heterocycles. The maximum Gasteiger partial charge on any atom is 0.394 e. The third kappa shape index (κ3) is 8.16. The molecule has 0 N–H and O–H groups in total. The predicted molar refractivity (Wildman–Crippen MR) is 80.9 cm³/mol. The highest BCUT2D eigenvalue weighted by Gasteiger charge is 2.49. The Balaban J connectivity index is 4.07. The second-order valence-electron chi connectivity index (χ2n) is 6.39. The molecule has 0 rings (SSSR count). The molecule has 122 valence electrons. The molecule has 3 heteroatoms. The van der Waals surface area contributed by atoms with E-state index in [0.29, 0.717) is 25.7 Å². The van der Waals surface area contributed by atoms with Crippen LogP contribution in [0.5, 0.6) is 0 Å². The van der Waals surface area contributed by atoms with E-state index in [2.05, 4.69) is 13.8 Å². The van der Waals surface area contributed by atoms with Gasteiger partial charge in [0, 0.05) is 0 Å². The van der Waals surface area contributed by atoms with Gasteiger partial charge in [0.05, 0.1) is 5.41 Å². The molecule has 0 saturated carbocycles. The molecule has 0 aromatic rings. The maximum absolute atomic E-state index is 13.2. The van der Waals surface area contributed by atoms with Crippen LogP contribution >= 0.6 is 0 Å². The van der Waals surface area contributed by atoms with Crippen LogP contribution in [0.15, 0.2) is 0 Å². The normalized spacial score (nSPS) is 15.3. The minimum absolute atomic E-state index is 0.297. The summed E-state index contributed by atoms with van der Waals surface area (Å²) in [6.07, 6.45) is 6.58. The largest absolute Gasteiger partial charge is 0.394 e. The fourth-order valence-corrected chi connectivity index (χ4v) is 2.65. The first kappa shape index (κ1) is 19.8. The van der Waals surface area contributed by atoms with Crippen molar-refractivity contribution in [2.45, 2.75) is 104 Å². The monoisotopic (exact) mass is 294 g/mol. The number of halogens is 3.